The number of hydrogen-bond donors (Lipinski definition) is 0. The van der Waals surface area contributed by atoms with Crippen molar-refractivity contribution < 1.29 is 14.0 Å². The van der Waals surface area contributed by atoms with Crippen LogP contribution in [0.1, 0.15) is 17.5 Å². The van der Waals surface area contributed by atoms with Crippen molar-refractivity contribution in [1.82, 2.24) is 9.80 Å². The van der Waals surface area contributed by atoms with Crippen LogP contribution in [-0.2, 0) is 22.7 Å². The molecule has 0 saturated carbocycles. The molecule has 130 valence electrons. The molecule has 3 rings (SSSR count). The van der Waals surface area contributed by atoms with E-state index in [0.717, 1.165) is 11.1 Å². The first-order chi connectivity index (χ1) is 12.0. The van der Waals surface area contributed by atoms with E-state index in [1.54, 1.807) is 29.0 Å². The van der Waals surface area contributed by atoms with Gasteiger partial charge in [-0.3, -0.25) is 9.59 Å². The molecule has 2 aromatic carbocycles. The fourth-order valence-electron chi connectivity index (χ4n) is 3.19. The van der Waals surface area contributed by atoms with Crippen molar-refractivity contribution in [2.75, 3.05) is 13.6 Å². The van der Waals surface area contributed by atoms with E-state index in [1.807, 2.05) is 30.3 Å². The Morgan fingerprint density at radius 1 is 1.16 bits per heavy atom. The number of benzene rings is 2. The molecule has 4 nitrogen and oxygen atoms in total. The molecule has 0 bridgehead atoms. The second kappa shape index (κ2) is 7.47. The van der Waals surface area contributed by atoms with Gasteiger partial charge < -0.3 is 9.80 Å². The minimum Gasteiger partial charge on any atom is -0.341 e. The summed E-state index contributed by atoms with van der Waals surface area (Å²) in [5.41, 5.74) is 1.79. The normalized spacial score (nSPS) is 17.0. The molecule has 0 N–H and O–H groups in total. The molecule has 25 heavy (non-hydrogen) atoms. The van der Waals surface area contributed by atoms with Gasteiger partial charge in [0.1, 0.15) is 5.82 Å². The van der Waals surface area contributed by atoms with E-state index in [2.05, 4.69) is 0 Å². The number of carbonyl (C=O) groups is 2. The lowest BCUT2D eigenvalue weighted by Gasteiger charge is -2.21. The molecule has 1 fully saturated rings. The van der Waals surface area contributed by atoms with Crippen LogP contribution < -0.4 is 0 Å². The fourth-order valence-corrected chi connectivity index (χ4v) is 3.19. The molecule has 0 aromatic heterocycles. The molecule has 2 amide bonds. The van der Waals surface area contributed by atoms with Crippen molar-refractivity contribution in [1.29, 1.82) is 0 Å². The van der Waals surface area contributed by atoms with E-state index in [0.29, 0.717) is 19.6 Å². The maximum Gasteiger partial charge on any atom is 0.228 e. The molecule has 0 spiro atoms. The largest absolute Gasteiger partial charge is 0.341 e. The number of nitrogens with zero attached hydrogens (tertiary/aromatic N) is 2. The van der Waals surface area contributed by atoms with Gasteiger partial charge in [0.15, 0.2) is 0 Å². The van der Waals surface area contributed by atoms with Crippen LogP contribution in [0.5, 0.6) is 0 Å². The van der Waals surface area contributed by atoms with E-state index in [-0.39, 0.29) is 30.0 Å². The summed E-state index contributed by atoms with van der Waals surface area (Å²) in [6.07, 6.45) is 0.235. The molecule has 2 aromatic rings. The van der Waals surface area contributed by atoms with Gasteiger partial charge in [0.2, 0.25) is 11.8 Å². The number of hydrogen-bond acceptors (Lipinski definition) is 2. The van der Waals surface area contributed by atoms with Gasteiger partial charge in [-0.25, -0.2) is 4.39 Å². The molecule has 1 aliphatic rings. The van der Waals surface area contributed by atoms with Crippen molar-refractivity contribution in [3.05, 3.63) is 71.5 Å². The van der Waals surface area contributed by atoms with Crippen LogP contribution in [0.15, 0.2) is 54.6 Å². The minimum atomic E-state index is -0.338. The van der Waals surface area contributed by atoms with Gasteiger partial charge in [-0.15, -0.1) is 0 Å². The molecule has 0 unspecified atom stereocenters. The van der Waals surface area contributed by atoms with E-state index in [4.69, 9.17) is 0 Å². The predicted molar refractivity (Wildman–Crippen MR) is 92.8 cm³/mol. The Bertz CT molecular complexity index is 763. The highest BCUT2D eigenvalue weighted by atomic mass is 19.1. The van der Waals surface area contributed by atoms with E-state index >= 15 is 0 Å². The van der Waals surface area contributed by atoms with E-state index in [9.17, 15) is 14.0 Å². The SMILES string of the molecule is CN(Cc1cccc(F)c1)C(=O)[C@H]1CC(=O)N(Cc2ccccc2)C1. The number of likely N-dealkylation sites (tertiary alicyclic amines) is 1. The van der Waals surface area contributed by atoms with Crippen LogP contribution in [0.25, 0.3) is 0 Å². The monoisotopic (exact) mass is 340 g/mol. The van der Waals surface area contributed by atoms with Crippen LogP contribution in [0.2, 0.25) is 0 Å². The van der Waals surface area contributed by atoms with Gasteiger partial charge in [0.25, 0.3) is 0 Å². The van der Waals surface area contributed by atoms with E-state index < -0.39 is 0 Å². The van der Waals surface area contributed by atoms with Crippen molar-refractivity contribution in [3.63, 3.8) is 0 Å². The third-order valence-corrected chi connectivity index (χ3v) is 4.46. The topological polar surface area (TPSA) is 40.6 Å². The Hall–Kier alpha value is -2.69. The molecule has 1 aliphatic heterocycles. The van der Waals surface area contributed by atoms with Crippen molar-refractivity contribution in [2.45, 2.75) is 19.5 Å². The van der Waals surface area contributed by atoms with Gasteiger partial charge >= 0.3 is 0 Å². The molecule has 5 heteroatoms. The van der Waals surface area contributed by atoms with Crippen LogP contribution in [0.4, 0.5) is 4.39 Å². The van der Waals surface area contributed by atoms with Crippen LogP contribution in [0, 0.1) is 11.7 Å². The molecular weight excluding hydrogens is 319 g/mol. The van der Waals surface area contributed by atoms with Crippen molar-refractivity contribution in [2.24, 2.45) is 5.92 Å². The second-order valence-electron chi connectivity index (χ2n) is 6.49. The zero-order valence-corrected chi connectivity index (χ0v) is 14.2. The Balaban J connectivity index is 1.60. The summed E-state index contributed by atoms with van der Waals surface area (Å²) in [5, 5.41) is 0. The average Bonchev–Trinajstić information content (AvgIpc) is 2.96. The van der Waals surface area contributed by atoms with Crippen molar-refractivity contribution in [3.8, 4) is 0 Å². The lowest BCUT2D eigenvalue weighted by Crippen LogP contribution is -2.34. The zero-order chi connectivity index (χ0) is 17.8. The first kappa shape index (κ1) is 17.1. The predicted octanol–water partition coefficient (Wildman–Crippen LogP) is 2.83. The fraction of sp³-hybridized carbons (Fsp3) is 0.300. The third-order valence-electron chi connectivity index (χ3n) is 4.46. The summed E-state index contributed by atoms with van der Waals surface area (Å²) >= 11 is 0. The molecule has 0 aliphatic carbocycles. The lowest BCUT2D eigenvalue weighted by atomic mass is 10.1. The summed E-state index contributed by atoms with van der Waals surface area (Å²) in [4.78, 5) is 28.2. The third kappa shape index (κ3) is 4.24. The molecular formula is C20H21FN2O2. The molecule has 1 heterocycles. The van der Waals surface area contributed by atoms with Crippen LogP contribution >= 0.6 is 0 Å². The minimum absolute atomic E-state index is 0.00126. The Kier molecular flexibility index (Phi) is 5.12. The lowest BCUT2D eigenvalue weighted by molar-refractivity contribution is -0.135. The molecule has 1 saturated heterocycles. The molecule has 1 atom stereocenters. The highest BCUT2D eigenvalue weighted by molar-refractivity contribution is 5.89. The summed E-state index contributed by atoms with van der Waals surface area (Å²) in [7, 11) is 1.69. The maximum absolute atomic E-state index is 13.3. The van der Waals surface area contributed by atoms with Gasteiger partial charge in [0.05, 0.1) is 5.92 Å². The number of rotatable bonds is 5. The van der Waals surface area contributed by atoms with Gasteiger partial charge in [0, 0.05) is 33.1 Å². The number of amides is 2. The van der Waals surface area contributed by atoms with E-state index in [1.165, 1.54) is 12.1 Å². The number of carbonyl (C=O) groups excluding carboxylic acids is 2. The summed E-state index contributed by atoms with van der Waals surface area (Å²) < 4.78 is 13.3. The summed E-state index contributed by atoms with van der Waals surface area (Å²) in [6, 6.07) is 16.0. The van der Waals surface area contributed by atoms with Gasteiger partial charge in [-0.1, -0.05) is 42.5 Å². The van der Waals surface area contributed by atoms with Gasteiger partial charge in [-0.05, 0) is 23.3 Å². The second-order valence-corrected chi connectivity index (χ2v) is 6.49. The summed E-state index contributed by atoms with van der Waals surface area (Å²) in [6.45, 7) is 1.29. The Morgan fingerprint density at radius 3 is 2.60 bits per heavy atom. The summed E-state index contributed by atoms with van der Waals surface area (Å²) in [5.74, 6) is -0.729. The standard InChI is InChI=1S/C20H21FN2O2/c1-22(12-16-8-5-9-18(21)10-16)20(25)17-11-19(24)23(14-17)13-15-6-3-2-4-7-15/h2-10,17H,11-14H2,1H3/t17-/m0/s1. The Morgan fingerprint density at radius 2 is 1.88 bits per heavy atom. The van der Waals surface area contributed by atoms with Crippen LogP contribution in [-0.4, -0.2) is 35.2 Å². The van der Waals surface area contributed by atoms with Crippen molar-refractivity contribution >= 4 is 11.8 Å². The first-order valence-corrected chi connectivity index (χ1v) is 8.34. The van der Waals surface area contributed by atoms with Crippen LogP contribution in [0.3, 0.4) is 0 Å². The highest BCUT2D eigenvalue weighted by Crippen LogP contribution is 2.22. The Labute approximate surface area is 146 Å². The maximum atomic E-state index is 13.3. The van der Waals surface area contributed by atoms with Gasteiger partial charge in [-0.2, -0.15) is 0 Å². The first-order valence-electron chi connectivity index (χ1n) is 8.34. The quantitative estimate of drug-likeness (QED) is 0.840. The molecule has 0 radical (unpaired) electrons. The number of halogens is 1. The smallest absolute Gasteiger partial charge is 0.228 e. The zero-order valence-electron chi connectivity index (χ0n) is 14.2. The highest BCUT2D eigenvalue weighted by Gasteiger charge is 2.35. The average molecular weight is 340 g/mol.